The SMILES string of the molecule is CS(=O)(=O)N(CCC(=O)Nc1cccc(C#N)c1)c1cccc(Cl)c1. The minimum absolute atomic E-state index is 0.0249. The molecule has 0 atom stereocenters. The van der Waals surface area contributed by atoms with Crippen LogP contribution in [-0.2, 0) is 14.8 Å². The van der Waals surface area contributed by atoms with Gasteiger partial charge in [0.15, 0.2) is 0 Å². The zero-order valence-corrected chi connectivity index (χ0v) is 15.0. The van der Waals surface area contributed by atoms with Gasteiger partial charge in [-0.2, -0.15) is 5.26 Å². The second-order valence-electron chi connectivity index (χ2n) is 5.31. The molecule has 0 saturated heterocycles. The maximum Gasteiger partial charge on any atom is 0.232 e. The van der Waals surface area contributed by atoms with Gasteiger partial charge in [0.1, 0.15) is 0 Å². The molecule has 0 radical (unpaired) electrons. The molecule has 0 aliphatic heterocycles. The van der Waals surface area contributed by atoms with Gasteiger partial charge >= 0.3 is 0 Å². The summed E-state index contributed by atoms with van der Waals surface area (Å²) in [6, 6.07) is 14.9. The number of nitriles is 1. The van der Waals surface area contributed by atoms with Crippen molar-refractivity contribution in [2.75, 3.05) is 22.4 Å². The molecule has 2 rings (SSSR count). The second-order valence-corrected chi connectivity index (χ2v) is 7.65. The Balaban J connectivity index is 2.08. The van der Waals surface area contributed by atoms with Crippen molar-refractivity contribution >= 4 is 38.9 Å². The summed E-state index contributed by atoms with van der Waals surface area (Å²) >= 11 is 5.91. The minimum atomic E-state index is -3.56. The van der Waals surface area contributed by atoms with Crippen LogP contribution >= 0.6 is 11.6 Å². The molecule has 6 nitrogen and oxygen atoms in total. The Morgan fingerprint density at radius 3 is 2.60 bits per heavy atom. The maximum absolute atomic E-state index is 12.1. The van der Waals surface area contributed by atoms with Crippen LogP contribution in [0.5, 0.6) is 0 Å². The molecule has 0 fully saturated rings. The molecule has 0 aromatic heterocycles. The van der Waals surface area contributed by atoms with Gasteiger partial charge in [-0.1, -0.05) is 23.7 Å². The predicted molar refractivity (Wildman–Crippen MR) is 98.0 cm³/mol. The van der Waals surface area contributed by atoms with Crippen LogP contribution in [0.1, 0.15) is 12.0 Å². The monoisotopic (exact) mass is 377 g/mol. The minimum Gasteiger partial charge on any atom is -0.326 e. The van der Waals surface area contributed by atoms with Crippen molar-refractivity contribution in [3.8, 4) is 6.07 Å². The smallest absolute Gasteiger partial charge is 0.232 e. The zero-order valence-electron chi connectivity index (χ0n) is 13.4. The summed E-state index contributed by atoms with van der Waals surface area (Å²) in [6.07, 6.45) is 1.03. The van der Waals surface area contributed by atoms with E-state index in [4.69, 9.17) is 16.9 Å². The first kappa shape index (κ1) is 18.8. The van der Waals surface area contributed by atoms with E-state index in [1.54, 1.807) is 42.5 Å². The lowest BCUT2D eigenvalue weighted by atomic mass is 10.2. The Kier molecular flexibility index (Phi) is 6.02. The Labute approximate surface area is 151 Å². The van der Waals surface area contributed by atoms with Gasteiger partial charge in [-0.3, -0.25) is 9.10 Å². The van der Waals surface area contributed by atoms with Gasteiger partial charge in [0.2, 0.25) is 15.9 Å². The van der Waals surface area contributed by atoms with E-state index in [1.807, 2.05) is 6.07 Å². The lowest BCUT2D eigenvalue weighted by molar-refractivity contribution is -0.116. The molecule has 0 aliphatic rings. The highest BCUT2D eigenvalue weighted by Gasteiger charge is 2.19. The third-order valence-corrected chi connectivity index (χ3v) is 4.74. The first-order chi connectivity index (χ1) is 11.8. The third kappa shape index (κ3) is 5.48. The van der Waals surface area contributed by atoms with Gasteiger partial charge in [-0.25, -0.2) is 8.42 Å². The number of anilines is 2. The normalized spacial score (nSPS) is 10.8. The van der Waals surface area contributed by atoms with Crippen LogP contribution in [0, 0.1) is 11.3 Å². The number of sulfonamides is 1. The molecular formula is C17H16ClN3O3S. The first-order valence-corrected chi connectivity index (χ1v) is 9.55. The van der Waals surface area contributed by atoms with Crippen molar-refractivity contribution in [2.45, 2.75) is 6.42 Å². The number of nitrogens with one attached hydrogen (secondary N) is 1. The van der Waals surface area contributed by atoms with Crippen LogP contribution in [0.25, 0.3) is 0 Å². The van der Waals surface area contributed by atoms with E-state index in [2.05, 4.69) is 5.32 Å². The topological polar surface area (TPSA) is 90.3 Å². The molecule has 2 aromatic carbocycles. The Bertz CT molecular complexity index is 923. The lowest BCUT2D eigenvalue weighted by Gasteiger charge is -2.22. The van der Waals surface area contributed by atoms with E-state index in [0.29, 0.717) is 22.0 Å². The number of carbonyl (C=O) groups excluding carboxylic acids is 1. The average molecular weight is 378 g/mol. The molecule has 8 heteroatoms. The molecule has 0 aliphatic carbocycles. The molecular weight excluding hydrogens is 362 g/mol. The highest BCUT2D eigenvalue weighted by atomic mass is 35.5. The molecule has 0 unspecified atom stereocenters. The van der Waals surface area contributed by atoms with Crippen LogP contribution < -0.4 is 9.62 Å². The van der Waals surface area contributed by atoms with Gasteiger partial charge in [0.05, 0.1) is 23.6 Å². The van der Waals surface area contributed by atoms with Crippen LogP contribution in [-0.4, -0.2) is 27.1 Å². The van der Waals surface area contributed by atoms with Crippen molar-refractivity contribution in [1.82, 2.24) is 0 Å². The van der Waals surface area contributed by atoms with E-state index in [1.165, 1.54) is 6.07 Å². The molecule has 0 saturated carbocycles. The van der Waals surface area contributed by atoms with Crippen LogP contribution in [0.3, 0.4) is 0 Å². The molecule has 0 bridgehead atoms. The molecule has 2 aromatic rings. The highest BCUT2D eigenvalue weighted by molar-refractivity contribution is 7.92. The lowest BCUT2D eigenvalue weighted by Crippen LogP contribution is -2.33. The van der Waals surface area contributed by atoms with Crippen molar-refractivity contribution in [1.29, 1.82) is 5.26 Å². The van der Waals surface area contributed by atoms with Gasteiger partial charge < -0.3 is 5.32 Å². The summed E-state index contributed by atoms with van der Waals surface area (Å²) < 4.78 is 25.2. The number of halogens is 1. The summed E-state index contributed by atoms with van der Waals surface area (Å²) in [7, 11) is -3.56. The Morgan fingerprint density at radius 2 is 1.96 bits per heavy atom. The number of carbonyl (C=O) groups is 1. The van der Waals surface area contributed by atoms with Crippen molar-refractivity contribution < 1.29 is 13.2 Å². The molecule has 130 valence electrons. The van der Waals surface area contributed by atoms with Crippen LogP contribution in [0.15, 0.2) is 48.5 Å². The van der Waals surface area contributed by atoms with Gasteiger partial charge in [0, 0.05) is 23.7 Å². The Morgan fingerprint density at radius 1 is 1.24 bits per heavy atom. The molecule has 1 amide bonds. The highest BCUT2D eigenvalue weighted by Crippen LogP contribution is 2.22. The first-order valence-electron chi connectivity index (χ1n) is 7.33. The van der Waals surface area contributed by atoms with Crippen molar-refractivity contribution in [3.05, 3.63) is 59.1 Å². The summed E-state index contributed by atoms with van der Waals surface area (Å²) in [6.45, 7) is -0.0249. The summed E-state index contributed by atoms with van der Waals surface area (Å²) in [5.41, 5.74) is 1.31. The van der Waals surface area contributed by atoms with Gasteiger partial charge in [0.25, 0.3) is 0 Å². The van der Waals surface area contributed by atoms with E-state index >= 15 is 0 Å². The molecule has 0 spiro atoms. The Hall–Kier alpha value is -2.56. The second kappa shape index (κ2) is 8.01. The van der Waals surface area contributed by atoms with Gasteiger partial charge in [-0.05, 0) is 36.4 Å². The maximum atomic E-state index is 12.1. The largest absolute Gasteiger partial charge is 0.326 e. The number of hydrogen-bond acceptors (Lipinski definition) is 4. The summed E-state index contributed by atoms with van der Waals surface area (Å²) in [5.74, 6) is -0.356. The fourth-order valence-corrected chi connectivity index (χ4v) is 3.31. The number of nitrogens with zero attached hydrogens (tertiary/aromatic N) is 2. The average Bonchev–Trinajstić information content (AvgIpc) is 2.54. The fraction of sp³-hybridized carbons (Fsp3) is 0.176. The quantitative estimate of drug-likeness (QED) is 0.837. The summed E-state index contributed by atoms with van der Waals surface area (Å²) in [5, 5.41) is 11.9. The van der Waals surface area contributed by atoms with E-state index in [0.717, 1.165) is 10.6 Å². The van der Waals surface area contributed by atoms with Crippen LogP contribution in [0.4, 0.5) is 11.4 Å². The van der Waals surface area contributed by atoms with Crippen molar-refractivity contribution in [3.63, 3.8) is 0 Å². The van der Waals surface area contributed by atoms with E-state index < -0.39 is 10.0 Å². The predicted octanol–water partition coefficient (Wildman–Crippen LogP) is 3.01. The standard InChI is InChI=1S/C17H16ClN3O3S/c1-25(23,24)21(16-7-3-5-14(18)11-16)9-8-17(22)20-15-6-2-4-13(10-15)12-19/h2-7,10-11H,8-9H2,1H3,(H,20,22). The number of benzene rings is 2. The third-order valence-electron chi connectivity index (χ3n) is 3.31. The van der Waals surface area contributed by atoms with Crippen molar-refractivity contribution in [2.24, 2.45) is 0 Å². The molecule has 0 heterocycles. The van der Waals surface area contributed by atoms with Gasteiger partial charge in [-0.15, -0.1) is 0 Å². The van der Waals surface area contributed by atoms with Crippen LogP contribution in [0.2, 0.25) is 5.02 Å². The summed E-state index contributed by atoms with van der Waals surface area (Å²) in [4.78, 5) is 12.1. The number of amides is 1. The molecule has 1 N–H and O–H groups in total. The molecule has 25 heavy (non-hydrogen) atoms. The zero-order chi connectivity index (χ0) is 18.4. The van der Waals surface area contributed by atoms with E-state index in [9.17, 15) is 13.2 Å². The number of rotatable bonds is 6. The van der Waals surface area contributed by atoms with E-state index in [-0.39, 0.29) is 18.9 Å². The fourth-order valence-electron chi connectivity index (χ4n) is 2.21. The number of hydrogen-bond donors (Lipinski definition) is 1.